The lowest BCUT2D eigenvalue weighted by Gasteiger charge is -2.23. The van der Waals surface area contributed by atoms with Crippen molar-refractivity contribution in [3.63, 3.8) is 0 Å². The number of aryl methyl sites for hydroxylation is 1. The highest BCUT2D eigenvalue weighted by Crippen LogP contribution is 2.27. The van der Waals surface area contributed by atoms with Crippen molar-refractivity contribution in [3.8, 4) is 0 Å². The third-order valence-electron chi connectivity index (χ3n) is 4.16. The Morgan fingerprint density at radius 2 is 2.00 bits per heavy atom. The van der Waals surface area contributed by atoms with Crippen LogP contribution in [0.15, 0.2) is 22.1 Å². The van der Waals surface area contributed by atoms with Crippen LogP contribution in [-0.2, 0) is 34.8 Å². The molecule has 2 aromatic rings. The summed E-state index contributed by atoms with van der Waals surface area (Å²) in [6.07, 6.45) is 2.55. The smallest absolute Gasteiger partial charge is 0.407 e. The van der Waals surface area contributed by atoms with Gasteiger partial charge in [0, 0.05) is 32.7 Å². The first kappa shape index (κ1) is 25.6. The van der Waals surface area contributed by atoms with Crippen LogP contribution in [0.1, 0.15) is 56.1 Å². The van der Waals surface area contributed by atoms with Gasteiger partial charge in [-0.25, -0.2) is 9.78 Å². The van der Waals surface area contributed by atoms with E-state index in [0.29, 0.717) is 25.9 Å². The van der Waals surface area contributed by atoms with E-state index in [9.17, 15) is 13.6 Å². The molecular formula is C21H28BrF2N3O3S. The number of methoxy groups -OCH3 is 1. The SMILES string of the molecule is COCc1nc(CC[C@H](Cc2ccc(C(C)(F)F)nc2)NC(=O)OC(C)(C)C)sc1Br. The van der Waals surface area contributed by atoms with Gasteiger partial charge in [-0.15, -0.1) is 11.3 Å². The number of rotatable bonds is 9. The summed E-state index contributed by atoms with van der Waals surface area (Å²) in [6.45, 7) is 6.60. The van der Waals surface area contributed by atoms with Crippen molar-refractivity contribution >= 4 is 33.4 Å². The van der Waals surface area contributed by atoms with Crippen molar-refractivity contribution in [1.29, 1.82) is 0 Å². The Hall–Kier alpha value is -1.65. The van der Waals surface area contributed by atoms with E-state index in [1.165, 1.54) is 23.6 Å². The summed E-state index contributed by atoms with van der Waals surface area (Å²) in [6, 6.07) is 2.65. The zero-order chi connectivity index (χ0) is 23.2. The third kappa shape index (κ3) is 8.78. The van der Waals surface area contributed by atoms with E-state index in [-0.39, 0.29) is 11.7 Å². The van der Waals surface area contributed by atoms with Crippen LogP contribution < -0.4 is 5.32 Å². The lowest BCUT2D eigenvalue weighted by Crippen LogP contribution is -2.40. The van der Waals surface area contributed by atoms with Gasteiger partial charge >= 0.3 is 6.09 Å². The molecule has 0 aliphatic heterocycles. The monoisotopic (exact) mass is 519 g/mol. The number of nitrogens with zero attached hydrogens (tertiary/aromatic N) is 2. The van der Waals surface area contributed by atoms with E-state index in [2.05, 4.69) is 31.2 Å². The minimum atomic E-state index is -3.00. The second kappa shape index (κ2) is 10.8. The molecule has 172 valence electrons. The molecule has 0 fully saturated rings. The van der Waals surface area contributed by atoms with Gasteiger partial charge in [-0.05, 0) is 61.2 Å². The first-order valence-corrected chi connectivity index (χ1v) is 11.4. The number of aromatic nitrogens is 2. The number of thiazole rings is 1. The van der Waals surface area contributed by atoms with Crippen LogP contribution in [0.5, 0.6) is 0 Å². The van der Waals surface area contributed by atoms with Crippen molar-refractivity contribution in [2.75, 3.05) is 7.11 Å². The number of carbonyl (C=O) groups excluding carboxylic acids is 1. The van der Waals surface area contributed by atoms with Crippen LogP contribution in [0.2, 0.25) is 0 Å². The van der Waals surface area contributed by atoms with Gasteiger partial charge in [0.1, 0.15) is 11.3 Å². The first-order valence-electron chi connectivity index (χ1n) is 9.83. The van der Waals surface area contributed by atoms with Gasteiger partial charge in [0.15, 0.2) is 0 Å². The number of ether oxygens (including phenoxy) is 2. The van der Waals surface area contributed by atoms with E-state index in [1.807, 2.05) is 0 Å². The van der Waals surface area contributed by atoms with Crippen LogP contribution in [0.3, 0.4) is 0 Å². The van der Waals surface area contributed by atoms with Crippen LogP contribution in [0.25, 0.3) is 0 Å². The summed E-state index contributed by atoms with van der Waals surface area (Å²) >= 11 is 5.01. The zero-order valence-electron chi connectivity index (χ0n) is 18.3. The number of hydrogen-bond donors (Lipinski definition) is 1. The van der Waals surface area contributed by atoms with E-state index in [1.54, 1.807) is 33.9 Å². The molecule has 1 N–H and O–H groups in total. The predicted octanol–water partition coefficient (Wildman–Crippen LogP) is 5.63. The molecule has 0 aliphatic carbocycles. The molecule has 0 radical (unpaired) electrons. The Kier molecular flexibility index (Phi) is 8.91. The minimum absolute atomic E-state index is 0.279. The summed E-state index contributed by atoms with van der Waals surface area (Å²) in [4.78, 5) is 20.7. The lowest BCUT2D eigenvalue weighted by atomic mass is 10.0. The first-order chi connectivity index (χ1) is 14.4. The standard InChI is InChI=1S/C21H28BrF2N3O3S/c1-20(2,3)30-19(28)26-14(7-9-17-27-15(12-29-5)18(22)31-17)10-13-6-8-16(25-11-13)21(4,23)24/h6,8,11,14H,7,9-10,12H2,1-5H3,(H,26,28)/t14-/m1/s1. The van der Waals surface area contributed by atoms with Crippen LogP contribution >= 0.6 is 27.3 Å². The summed E-state index contributed by atoms with van der Waals surface area (Å²) in [5.41, 5.74) is 0.667. The summed E-state index contributed by atoms with van der Waals surface area (Å²) in [5, 5.41) is 3.80. The van der Waals surface area contributed by atoms with Gasteiger partial charge in [0.05, 0.1) is 21.1 Å². The zero-order valence-corrected chi connectivity index (χ0v) is 20.7. The van der Waals surface area contributed by atoms with Gasteiger partial charge in [-0.3, -0.25) is 4.98 Å². The molecule has 0 bridgehead atoms. The molecule has 1 amide bonds. The molecule has 6 nitrogen and oxygen atoms in total. The number of nitrogens with one attached hydrogen (secondary N) is 1. The number of carbonyl (C=O) groups is 1. The number of alkyl halides is 2. The Morgan fingerprint density at radius 1 is 1.29 bits per heavy atom. The molecule has 0 saturated heterocycles. The Labute approximate surface area is 193 Å². The molecule has 0 spiro atoms. The van der Waals surface area contributed by atoms with Gasteiger partial charge in [0.2, 0.25) is 0 Å². The number of amides is 1. The van der Waals surface area contributed by atoms with Gasteiger partial charge in [0.25, 0.3) is 5.92 Å². The highest BCUT2D eigenvalue weighted by atomic mass is 79.9. The topological polar surface area (TPSA) is 73.3 Å². The second-order valence-electron chi connectivity index (χ2n) is 8.29. The number of alkyl carbamates (subject to hydrolysis) is 1. The molecule has 1 atom stereocenters. The summed E-state index contributed by atoms with van der Waals surface area (Å²) < 4.78 is 38.3. The van der Waals surface area contributed by atoms with Gasteiger partial charge in [-0.1, -0.05) is 6.07 Å². The maximum atomic E-state index is 13.4. The van der Waals surface area contributed by atoms with E-state index >= 15 is 0 Å². The summed E-state index contributed by atoms with van der Waals surface area (Å²) in [5.74, 6) is -3.00. The maximum absolute atomic E-state index is 13.4. The molecule has 2 rings (SSSR count). The molecule has 2 aromatic heterocycles. The van der Waals surface area contributed by atoms with E-state index in [0.717, 1.165) is 27.0 Å². The number of halogens is 3. The Balaban J connectivity index is 2.10. The molecule has 0 unspecified atom stereocenters. The highest BCUT2D eigenvalue weighted by molar-refractivity contribution is 9.11. The molecule has 31 heavy (non-hydrogen) atoms. The van der Waals surface area contributed by atoms with Crippen LogP contribution in [0, 0.1) is 0 Å². The second-order valence-corrected chi connectivity index (χ2v) is 10.7. The predicted molar refractivity (Wildman–Crippen MR) is 120 cm³/mol. The fourth-order valence-electron chi connectivity index (χ4n) is 2.80. The number of hydrogen-bond acceptors (Lipinski definition) is 6. The van der Waals surface area contributed by atoms with Gasteiger partial charge in [-0.2, -0.15) is 8.78 Å². The Bertz CT molecular complexity index is 864. The van der Waals surface area contributed by atoms with E-state index < -0.39 is 17.6 Å². The fraction of sp³-hybridized carbons (Fsp3) is 0.571. The molecule has 2 heterocycles. The molecular weight excluding hydrogens is 492 g/mol. The van der Waals surface area contributed by atoms with Crippen LogP contribution in [-0.4, -0.2) is 34.8 Å². The quantitative estimate of drug-likeness (QED) is 0.464. The molecule has 0 aliphatic rings. The lowest BCUT2D eigenvalue weighted by molar-refractivity contribution is 0.0127. The molecule has 10 heteroatoms. The molecule has 0 saturated carbocycles. The average Bonchev–Trinajstić information content (AvgIpc) is 2.98. The van der Waals surface area contributed by atoms with Crippen molar-refractivity contribution in [2.24, 2.45) is 0 Å². The van der Waals surface area contributed by atoms with Crippen molar-refractivity contribution in [2.45, 2.75) is 71.1 Å². The minimum Gasteiger partial charge on any atom is -0.444 e. The van der Waals surface area contributed by atoms with E-state index in [4.69, 9.17) is 9.47 Å². The third-order valence-corrected chi connectivity index (χ3v) is 6.05. The van der Waals surface area contributed by atoms with Crippen LogP contribution in [0.4, 0.5) is 13.6 Å². The number of pyridine rings is 1. The van der Waals surface area contributed by atoms with Gasteiger partial charge < -0.3 is 14.8 Å². The Morgan fingerprint density at radius 3 is 2.55 bits per heavy atom. The summed E-state index contributed by atoms with van der Waals surface area (Å²) in [7, 11) is 1.61. The maximum Gasteiger partial charge on any atom is 0.407 e. The normalized spacial score (nSPS) is 13.2. The fourth-order valence-corrected chi connectivity index (χ4v) is 4.37. The van der Waals surface area contributed by atoms with Crippen molar-refractivity contribution < 1.29 is 23.0 Å². The average molecular weight is 520 g/mol. The van der Waals surface area contributed by atoms with Crippen molar-refractivity contribution in [1.82, 2.24) is 15.3 Å². The highest BCUT2D eigenvalue weighted by Gasteiger charge is 2.26. The molecule has 0 aromatic carbocycles. The largest absolute Gasteiger partial charge is 0.444 e. The van der Waals surface area contributed by atoms with Crippen molar-refractivity contribution in [3.05, 3.63) is 44.1 Å².